The molecule has 0 aliphatic carbocycles. The molecule has 0 spiro atoms. The molecule has 2 aromatic carbocycles. The molecule has 0 aromatic heterocycles. The fourth-order valence-electron chi connectivity index (χ4n) is 4.05. The third-order valence-electron chi connectivity index (χ3n) is 5.96. The van der Waals surface area contributed by atoms with Crippen molar-refractivity contribution in [2.24, 2.45) is 0 Å². The van der Waals surface area contributed by atoms with Gasteiger partial charge in [-0.2, -0.15) is 0 Å². The summed E-state index contributed by atoms with van der Waals surface area (Å²) in [6.45, 7) is 7.98. The van der Waals surface area contributed by atoms with E-state index in [1.165, 1.54) is 0 Å². The zero-order chi connectivity index (χ0) is 27.4. The van der Waals surface area contributed by atoms with E-state index in [0.717, 1.165) is 67.5 Å². The molecule has 2 aromatic rings. The molecular weight excluding hydrogens is 508 g/mol. The molecule has 0 saturated heterocycles. The minimum Gasteiger partial charge on any atom is -0.463 e. The standard InChI is InChI=1S/C28H42N2O7S/c1-28(2)36-21-24-18-23(11-12-27(24)37-28)26(31)19-29-13-5-4-6-14-34-15-8-16-35-20-22-9-7-10-25(17-22)30-38(3,32)33/h7,9-12,17-18,26,29-31H,4-6,8,13-16,19-21H2,1-3H3/t26-/m0/s1. The van der Waals surface area contributed by atoms with Crippen LogP contribution in [-0.2, 0) is 37.4 Å². The van der Waals surface area contributed by atoms with Crippen molar-refractivity contribution in [3.8, 4) is 5.75 Å². The molecule has 9 nitrogen and oxygen atoms in total. The molecule has 1 aliphatic rings. The van der Waals surface area contributed by atoms with Gasteiger partial charge in [0.2, 0.25) is 15.8 Å². The first-order valence-corrected chi connectivity index (χ1v) is 15.1. The van der Waals surface area contributed by atoms with Crippen molar-refractivity contribution in [1.82, 2.24) is 5.32 Å². The van der Waals surface area contributed by atoms with E-state index in [0.29, 0.717) is 38.7 Å². The van der Waals surface area contributed by atoms with Crippen LogP contribution < -0.4 is 14.8 Å². The SMILES string of the molecule is CC1(C)OCc2cc([C@@H](O)CNCCCCCOCCCOCc3cccc(NS(C)(=O)=O)c3)ccc2O1. The molecular formula is C28H42N2O7S. The minimum absolute atomic E-state index is 0.425. The summed E-state index contributed by atoms with van der Waals surface area (Å²) in [4.78, 5) is 0. The molecule has 38 heavy (non-hydrogen) atoms. The molecule has 0 unspecified atom stereocenters. The number of aliphatic hydroxyl groups is 1. The Hall–Kier alpha value is -2.21. The first kappa shape index (κ1) is 30.3. The van der Waals surface area contributed by atoms with Crippen LogP contribution in [0.4, 0.5) is 5.69 Å². The van der Waals surface area contributed by atoms with Crippen molar-refractivity contribution < 1.29 is 32.5 Å². The van der Waals surface area contributed by atoms with E-state index in [9.17, 15) is 13.5 Å². The summed E-state index contributed by atoms with van der Waals surface area (Å²) in [6, 6.07) is 13.0. The Bertz CT molecular complexity index is 1110. The number of hydrogen-bond acceptors (Lipinski definition) is 8. The van der Waals surface area contributed by atoms with Gasteiger partial charge in [0, 0.05) is 51.5 Å². The van der Waals surface area contributed by atoms with Gasteiger partial charge < -0.3 is 29.4 Å². The van der Waals surface area contributed by atoms with Gasteiger partial charge in [0.05, 0.1) is 25.6 Å². The Balaban J connectivity index is 1.15. The molecule has 3 rings (SSSR count). The number of fused-ring (bicyclic) bond motifs is 1. The van der Waals surface area contributed by atoms with Crippen LogP contribution in [0.5, 0.6) is 5.75 Å². The van der Waals surface area contributed by atoms with Gasteiger partial charge in [-0.15, -0.1) is 0 Å². The van der Waals surface area contributed by atoms with Crippen molar-refractivity contribution in [1.29, 1.82) is 0 Å². The summed E-state index contributed by atoms with van der Waals surface area (Å²) in [5.41, 5.74) is 3.27. The van der Waals surface area contributed by atoms with E-state index >= 15 is 0 Å². The normalized spacial score (nSPS) is 15.5. The smallest absolute Gasteiger partial charge is 0.229 e. The van der Waals surface area contributed by atoms with Gasteiger partial charge >= 0.3 is 0 Å². The number of sulfonamides is 1. The summed E-state index contributed by atoms with van der Waals surface area (Å²) >= 11 is 0. The van der Waals surface area contributed by atoms with Gasteiger partial charge in [-0.1, -0.05) is 18.2 Å². The van der Waals surface area contributed by atoms with Crippen LogP contribution in [-0.4, -0.2) is 58.5 Å². The summed E-state index contributed by atoms with van der Waals surface area (Å²) in [7, 11) is -3.29. The number of aliphatic hydroxyl groups excluding tert-OH is 1. The molecule has 10 heteroatoms. The van der Waals surface area contributed by atoms with E-state index in [1.807, 2.05) is 38.1 Å². The molecule has 0 radical (unpaired) electrons. The molecule has 1 aliphatic heterocycles. The number of rotatable bonds is 17. The van der Waals surface area contributed by atoms with Gasteiger partial charge in [0.1, 0.15) is 5.75 Å². The molecule has 3 N–H and O–H groups in total. The van der Waals surface area contributed by atoms with Crippen molar-refractivity contribution in [2.75, 3.05) is 43.9 Å². The molecule has 0 amide bonds. The number of unbranched alkanes of at least 4 members (excludes halogenated alkanes) is 2. The predicted molar refractivity (Wildman–Crippen MR) is 148 cm³/mol. The Morgan fingerprint density at radius 3 is 2.63 bits per heavy atom. The average molecular weight is 551 g/mol. The summed E-state index contributed by atoms with van der Waals surface area (Å²) < 4.78 is 48.0. The van der Waals surface area contributed by atoms with Crippen LogP contribution in [0.2, 0.25) is 0 Å². The lowest BCUT2D eigenvalue weighted by molar-refractivity contribution is -0.180. The maximum Gasteiger partial charge on any atom is 0.229 e. The average Bonchev–Trinajstić information content (AvgIpc) is 2.85. The highest BCUT2D eigenvalue weighted by Gasteiger charge is 2.27. The second-order valence-corrected chi connectivity index (χ2v) is 11.8. The highest BCUT2D eigenvalue weighted by atomic mass is 32.2. The van der Waals surface area contributed by atoms with Gasteiger partial charge in [0.15, 0.2) is 0 Å². The predicted octanol–water partition coefficient (Wildman–Crippen LogP) is 4.12. The number of nitrogens with one attached hydrogen (secondary N) is 2. The third-order valence-corrected chi connectivity index (χ3v) is 6.56. The fourth-order valence-corrected chi connectivity index (χ4v) is 4.60. The number of ether oxygens (including phenoxy) is 4. The lowest BCUT2D eigenvalue weighted by Gasteiger charge is -2.33. The third kappa shape index (κ3) is 11.3. The van der Waals surface area contributed by atoms with Crippen LogP contribution >= 0.6 is 0 Å². The summed E-state index contributed by atoms with van der Waals surface area (Å²) in [5, 5.41) is 13.8. The molecule has 1 heterocycles. The molecule has 0 fully saturated rings. The zero-order valence-corrected chi connectivity index (χ0v) is 23.5. The van der Waals surface area contributed by atoms with Gasteiger partial charge in [-0.25, -0.2) is 8.42 Å². The molecule has 1 atom stereocenters. The van der Waals surface area contributed by atoms with E-state index in [4.69, 9.17) is 18.9 Å². The van der Waals surface area contributed by atoms with E-state index < -0.39 is 21.9 Å². The van der Waals surface area contributed by atoms with Crippen molar-refractivity contribution in [3.05, 3.63) is 59.2 Å². The van der Waals surface area contributed by atoms with Crippen LogP contribution in [0.25, 0.3) is 0 Å². The Morgan fingerprint density at radius 2 is 1.82 bits per heavy atom. The quantitative estimate of drug-likeness (QED) is 0.252. The molecule has 0 bridgehead atoms. The maximum absolute atomic E-state index is 11.3. The van der Waals surface area contributed by atoms with Gasteiger partial charge in [0.25, 0.3) is 0 Å². The number of hydrogen-bond donors (Lipinski definition) is 3. The first-order chi connectivity index (χ1) is 18.1. The van der Waals surface area contributed by atoms with Crippen LogP contribution in [0.3, 0.4) is 0 Å². The van der Waals surface area contributed by atoms with Gasteiger partial charge in [-0.05, 0) is 67.6 Å². The molecule has 212 valence electrons. The molecule has 0 saturated carbocycles. The van der Waals surface area contributed by atoms with Crippen LogP contribution in [0.1, 0.15) is 62.3 Å². The van der Waals surface area contributed by atoms with E-state index in [1.54, 1.807) is 18.2 Å². The van der Waals surface area contributed by atoms with E-state index in [-0.39, 0.29) is 0 Å². The Labute approximate surface area is 226 Å². The minimum atomic E-state index is -3.29. The topological polar surface area (TPSA) is 115 Å². The lowest BCUT2D eigenvalue weighted by Crippen LogP contribution is -2.35. The highest BCUT2D eigenvalue weighted by molar-refractivity contribution is 7.92. The lowest BCUT2D eigenvalue weighted by atomic mass is 10.0. The highest BCUT2D eigenvalue weighted by Crippen LogP contribution is 2.32. The summed E-state index contributed by atoms with van der Waals surface area (Å²) in [6.07, 6.45) is 4.43. The Kier molecular flexibility index (Phi) is 11.8. The number of benzene rings is 2. The first-order valence-electron chi connectivity index (χ1n) is 13.2. The Morgan fingerprint density at radius 1 is 1.03 bits per heavy atom. The largest absolute Gasteiger partial charge is 0.463 e. The van der Waals surface area contributed by atoms with Crippen LogP contribution in [0, 0.1) is 0 Å². The maximum atomic E-state index is 11.3. The zero-order valence-electron chi connectivity index (χ0n) is 22.7. The monoisotopic (exact) mass is 550 g/mol. The van der Waals surface area contributed by atoms with Crippen molar-refractivity contribution >= 4 is 15.7 Å². The summed E-state index contributed by atoms with van der Waals surface area (Å²) in [5.74, 6) is 0.192. The fraction of sp³-hybridized carbons (Fsp3) is 0.571. The van der Waals surface area contributed by atoms with Crippen LogP contribution in [0.15, 0.2) is 42.5 Å². The van der Waals surface area contributed by atoms with Gasteiger partial charge in [-0.3, -0.25) is 4.72 Å². The second kappa shape index (κ2) is 14.8. The van der Waals surface area contributed by atoms with E-state index in [2.05, 4.69) is 10.0 Å². The second-order valence-electron chi connectivity index (χ2n) is 10.0. The van der Waals surface area contributed by atoms with Crippen molar-refractivity contribution in [2.45, 2.75) is 64.6 Å². The van der Waals surface area contributed by atoms with Crippen molar-refractivity contribution in [3.63, 3.8) is 0 Å². The number of anilines is 1.